The second-order valence-electron chi connectivity index (χ2n) is 4.27. The lowest BCUT2D eigenvalue weighted by Gasteiger charge is -2.02. The van der Waals surface area contributed by atoms with Crippen LogP contribution in [0.4, 0.5) is 0 Å². The zero-order chi connectivity index (χ0) is 16.7. The van der Waals surface area contributed by atoms with Crippen molar-refractivity contribution < 1.29 is 14.6 Å². The van der Waals surface area contributed by atoms with Crippen molar-refractivity contribution in [3.8, 4) is 11.6 Å². The van der Waals surface area contributed by atoms with Crippen LogP contribution in [0, 0.1) is 0 Å². The van der Waals surface area contributed by atoms with E-state index in [1.54, 1.807) is 12.1 Å². The molecule has 2 rings (SSSR count). The number of hydrogen-bond donors (Lipinski definition) is 3. The first-order valence-corrected chi connectivity index (χ1v) is 7.44. The molecule has 0 aliphatic carbocycles. The predicted octanol–water partition coefficient (Wildman–Crippen LogP) is 0.726. The summed E-state index contributed by atoms with van der Waals surface area (Å²) in [5.41, 5.74) is 2.73. The van der Waals surface area contributed by atoms with E-state index in [9.17, 15) is 9.59 Å². The molecule has 1 aromatic carbocycles. The lowest BCUT2D eigenvalue weighted by Crippen LogP contribution is -2.20. The normalized spacial score (nSPS) is 10.7. The highest BCUT2D eigenvalue weighted by atomic mass is 32.2. The molecule has 2 aromatic rings. The maximum atomic E-state index is 11.7. The highest BCUT2D eigenvalue weighted by Crippen LogP contribution is 2.13. The number of amides is 1. The third kappa shape index (κ3) is 5.47. The van der Waals surface area contributed by atoms with Gasteiger partial charge in [-0.3, -0.25) is 9.59 Å². The smallest absolute Gasteiger partial charge is 0.255 e. The molecule has 23 heavy (non-hydrogen) atoms. The molecule has 1 heterocycles. The Labute approximate surface area is 135 Å². The van der Waals surface area contributed by atoms with Crippen LogP contribution < -0.4 is 15.7 Å². The maximum Gasteiger partial charge on any atom is 0.255 e. The average Bonchev–Trinajstić information content (AvgIpc) is 2.54. The standard InChI is InChI=1S/C14H14N4O4S/c1-22-13-6-11(20)16-14(17-13)23-8-12(21)18-15-7-9-2-4-10(19)5-3-9/h2-7,19H,8H2,1H3,(H,18,21)(H,16,17,20)/b15-7+. The molecule has 0 saturated carbocycles. The molecule has 3 N–H and O–H groups in total. The molecule has 0 aliphatic heterocycles. The van der Waals surface area contributed by atoms with Gasteiger partial charge in [0.2, 0.25) is 5.88 Å². The topological polar surface area (TPSA) is 117 Å². The Morgan fingerprint density at radius 2 is 2.22 bits per heavy atom. The van der Waals surface area contributed by atoms with E-state index < -0.39 is 0 Å². The summed E-state index contributed by atoms with van der Waals surface area (Å²) in [4.78, 5) is 29.5. The van der Waals surface area contributed by atoms with E-state index in [0.29, 0.717) is 0 Å². The maximum absolute atomic E-state index is 11.7. The number of hydrogen-bond acceptors (Lipinski definition) is 7. The van der Waals surface area contributed by atoms with Crippen molar-refractivity contribution >= 4 is 23.9 Å². The number of nitrogens with zero attached hydrogens (tertiary/aromatic N) is 2. The minimum atomic E-state index is -0.356. The number of aromatic hydroxyl groups is 1. The summed E-state index contributed by atoms with van der Waals surface area (Å²) >= 11 is 1.05. The van der Waals surface area contributed by atoms with Gasteiger partial charge >= 0.3 is 0 Å². The molecule has 0 bridgehead atoms. The van der Waals surface area contributed by atoms with E-state index in [0.717, 1.165) is 17.3 Å². The predicted molar refractivity (Wildman–Crippen MR) is 86.0 cm³/mol. The number of thioether (sulfide) groups is 1. The lowest BCUT2D eigenvalue weighted by molar-refractivity contribution is -0.118. The van der Waals surface area contributed by atoms with Crippen molar-refractivity contribution in [3.05, 3.63) is 46.2 Å². The van der Waals surface area contributed by atoms with Gasteiger partial charge in [0.1, 0.15) is 5.75 Å². The number of rotatable bonds is 6. The van der Waals surface area contributed by atoms with E-state index in [4.69, 9.17) is 9.84 Å². The molecular weight excluding hydrogens is 320 g/mol. The van der Waals surface area contributed by atoms with E-state index in [-0.39, 0.29) is 34.0 Å². The molecule has 0 fully saturated rings. The molecule has 1 amide bonds. The number of methoxy groups -OCH3 is 1. The molecule has 120 valence electrons. The van der Waals surface area contributed by atoms with Crippen LogP contribution >= 0.6 is 11.8 Å². The van der Waals surface area contributed by atoms with Gasteiger partial charge in [0.05, 0.1) is 25.1 Å². The number of aromatic amines is 1. The number of nitrogens with one attached hydrogen (secondary N) is 2. The number of carbonyl (C=O) groups excluding carboxylic acids is 1. The highest BCUT2D eigenvalue weighted by molar-refractivity contribution is 7.99. The van der Waals surface area contributed by atoms with Crippen LogP contribution in [0.15, 0.2) is 45.4 Å². The van der Waals surface area contributed by atoms with Gasteiger partial charge < -0.3 is 14.8 Å². The molecule has 0 atom stereocenters. The second kappa shape index (κ2) is 7.99. The summed E-state index contributed by atoms with van der Waals surface area (Å²) in [6.07, 6.45) is 1.45. The average molecular weight is 334 g/mol. The van der Waals surface area contributed by atoms with Crippen LogP contribution in [-0.4, -0.2) is 40.1 Å². The fourth-order valence-corrected chi connectivity index (χ4v) is 2.15. The Morgan fingerprint density at radius 1 is 1.48 bits per heavy atom. The van der Waals surface area contributed by atoms with Crippen LogP contribution in [0.25, 0.3) is 0 Å². The van der Waals surface area contributed by atoms with Gasteiger partial charge in [0.15, 0.2) is 5.16 Å². The number of carbonyl (C=O) groups is 1. The number of phenolic OH excluding ortho intramolecular Hbond substituents is 1. The Bertz CT molecular complexity index is 758. The van der Waals surface area contributed by atoms with Gasteiger partial charge in [-0.25, -0.2) is 5.43 Å². The fraction of sp³-hybridized carbons (Fsp3) is 0.143. The van der Waals surface area contributed by atoms with Crippen LogP contribution in [0.5, 0.6) is 11.6 Å². The van der Waals surface area contributed by atoms with Crippen LogP contribution in [0.2, 0.25) is 0 Å². The van der Waals surface area contributed by atoms with Gasteiger partial charge in [-0.2, -0.15) is 10.1 Å². The Kier molecular flexibility index (Phi) is 5.75. The summed E-state index contributed by atoms with van der Waals surface area (Å²) in [6, 6.07) is 7.56. The molecule has 1 aromatic heterocycles. The Morgan fingerprint density at radius 3 is 2.91 bits per heavy atom. The fourth-order valence-electron chi connectivity index (χ4n) is 1.49. The monoisotopic (exact) mass is 334 g/mol. The first-order chi connectivity index (χ1) is 11.1. The second-order valence-corrected chi connectivity index (χ2v) is 5.23. The van der Waals surface area contributed by atoms with Gasteiger partial charge in [-0.05, 0) is 29.8 Å². The molecule has 9 heteroatoms. The zero-order valence-electron chi connectivity index (χ0n) is 12.1. The van der Waals surface area contributed by atoms with Crippen molar-refractivity contribution in [3.63, 3.8) is 0 Å². The third-order valence-corrected chi connectivity index (χ3v) is 3.41. The van der Waals surface area contributed by atoms with Crippen molar-refractivity contribution in [1.82, 2.24) is 15.4 Å². The van der Waals surface area contributed by atoms with Crippen LogP contribution in [0.1, 0.15) is 5.56 Å². The molecule has 0 aliphatic rings. The molecule has 0 spiro atoms. The van der Waals surface area contributed by atoms with E-state index in [1.807, 2.05) is 0 Å². The number of H-pyrrole nitrogens is 1. The summed E-state index contributed by atoms with van der Waals surface area (Å²) in [7, 11) is 1.40. The minimum absolute atomic E-state index is 0.0308. The quantitative estimate of drug-likeness (QED) is 0.310. The summed E-state index contributed by atoms with van der Waals surface area (Å²) in [6.45, 7) is 0. The molecule has 0 saturated heterocycles. The first-order valence-electron chi connectivity index (χ1n) is 6.46. The van der Waals surface area contributed by atoms with Gasteiger partial charge in [0.25, 0.3) is 11.5 Å². The molecular formula is C14H14N4O4S. The van der Waals surface area contributed by atoms with Crippen molar-refractivity contribution in [2.24, 2.45) is 5.10 Å². The third-order valence-electron chi connectivity index (χ3n) is 2.54. The molecule has 0 radical (unpaired) electrons. The lowest BCUT2D eigenvalue weighted by atomic mass is 10.2. The molecule has 0 unspecified atom stereocenters. The van der Waals surface area contributed by atoms with Crippen LogP contribution in [-0.2, 0) is 4.79 Å². The van der Waals surface area contributed by atoms with E-state index in [2.05, 4.69) is 20.5 Å². The molecule has 8 nitrogen and oxygen atoms in total. The number of phenols is 1. The van der Waals surface area contributed by atoms with E-state index in [1.165, 1.54) is 31.5 Å². The number of benzene rings is 1. The highest BCUT2D eigenvalue weighted by Gasteiger charge is 2.05. The van der Waals surface area contributed by atoms with Gasteiger partial charge in [-0.15, -0.1) is 0 Å². The summed E-state index contributed by atoms with van der Waals surface area (Å²) < 4.78 is 4.88. The zero-order valence-corrected chi connectivity index (χ0v) is 13.0. The van der Waals surface area contributed by atoms with Gasteiger partial charge in [0, 0.05) is 0 Å². The first kappa shape index (κ1) is 16.6. The Balaban J connectivity index is 1.84. The van der Waals surface area contributed by atoms with Gasteiger partial charge in [-0.1, -0.05) is 11.8 Å². The number of aromatic nitrogens is 2. The summed E-state index contributed by atoms with van der Waals surface area (Å²) in [5, 5.41) is 13.2. The largest absolute Gasteiger partial charge is 0.508 e. The van der Waals surface area contributed by atoms with Crippen LogP contribution in [0.3, 0.4) is 0 Å². The van der Waals surface area contributed by atoms with Crippen molar-refractivity contribution in [2.75, 3.05) is 12.9 Å². The van der Waals surface area contributed by atoms with Crippen molar-refractivity contribution in [2.45, 2.75) is 5.16 Å². The van der Waals surface area contributed by atoms with Crippen molar-refractivity contribution in [1.29, 1.82) is 0 Å². The summed E-state index contributed by atoms with van der Waals surface area (Å²) in [5.74, 6) is 0.0168. The SMILES string of the molecule is COc1cc(=O)[nH]c(SCC(=O)N/N=C/c2ccc(O)cc2)n1. The Hall–Kier alpha value is -2.81. The number of hydrazone groups is 1. The minimum Gasteiger partial charge on any atom is -0.508 e. The number of ether oxygens (including phenoxy) is 1. The van der Waals surface area contributed by atoms with E-state index >= 15 is 0 Å².